The maximum atomic E-state index is 11.9. The molecule has 1 fully saturated rings. The highest BCUT2D eigenvalue weighted by atomic mass is 16.5. The van der Waals surface area contributed by atoms with Gasteiger partial charge in [0.05, 0.1) is 0 Å². The van der Waals surface area contributed by atoms with E-state index < -0.39 is 0 Å². The molecule has 3 rings (SSSR count). The van der Waals surface area contributed by atoms with Crippen molar-refractivity contribution in [2.24, 2.45) is 0 Å². The smallest absolute Gasteiger partial charge is 0.133 e. The number of unbranched alkanes of at least 4 members (excludes halogenated alkanes) is 1. The highest BCUT2D eigenvalue weighted by molar-refractivity contribution is 5.79. The Morgan fingerprint density at radius 3 is 2.38 bits per heavy atom. The number of nitrogens with zero attached hydrogens (tertiary/aromatic N) is 1. The van der Waals surface area contributed by atoms with Crippen LogP contribution in [0.2, 0.25) is 0 Å². The molecule has 2 aromatic carbocycles. The van der Waals surface area contributed by atoms with Gasteiger partial charge < -0.3 is 4.74 Å². The first kappa shape index (κ1) is 22.9. The Labute approximate surface area is 176 Å². The van der Waals surface area contributed by atoms with E-state index in [-0.39, 0.29) is 5.54 Å². The van der Waals surface area contributed by atoms with Gasteiger partial charge in [-0.2, -0.15) is 0 Å². The number of Topliss-reactive ketones (excluding diaryl/α,β-unsaturated/α-hetero) is 1. The minimum absolute atomic E-state index is 0.0603. The normalized spacial score (nSPS) is 15.5. The first-order chi connectivity index (χ1) is 14.1. The fourth-order valence-corrected chi connectivity index (χ4v) is 4.06. The van der Waals surface area contributed by atoms with Crippen LogP contribution in [0.25, 0.3) is 0 Å². The topological polar surface area (TPSA) is 29.5 Å². The van der Waals surface area contributed by atoms with Gasteiger partial charge in [0.1, 0.15) is 18.1 Å². The molecule has 0 radical (unpaired) electrons. The van der Waals surface area contributed by atoms with Crippen molar-refractivity contribution in [1.29, 1.82) is 0 Å². The van der Waals surface area contributed by atoms with E-state index in [1.807, 2.05) is 24.3 Å². The van der Waals surface area contributed by atoms with Crippen LogP contribution in [0.4, 0.5) is 0 Å². The predicted octanol–water partition coefficient (Wildman–Crippen LogP) is 6.14. The largest absolute Gasteiger partial charge is 0.489 e. The number of hydrogen-bond acceptors (Lipinski definition) is 3. The Kier molecular flexibility index (Phi) is 9.14. The summed E-state index contributed by atoms with van der Waals surface area (Å²) in [4.78, 5) is 14.4. The molecule has 3 heteroatoms. The van der Waals surface area contributed by atoms with Crippen molar-refractivity contribution in [3.63, 3.8) is 0 Å². The number of ether oxygens (including phenoxy) is 1. The van der Waals surface area contributed by atoms with E-state index in [0.717, 1.165) is 25.1 Å². The molecule has 0 N–H and O–H groups in total. The third-order valence-corrected chi connectivity index (χ3v) is 5.83. The molecular weight excluding hydrogens is 358 g/mol. The average Bonchev–Trinajstić information content (AvgIpc) is 2.79. The van der Waals surface area contributed by atoms with Gasteiger partial charge in [0, 0.05) is 18.4 Å². The first-order valence-corrected chi connectivity index (χ1v) is 10.6. The lowest BCUT2D eigenvalue weighted by Crippen LogP contribution is -2.47. The Balaban J connectivity index is 0.00000145. The first-order valence-electron chi connectivity index (χ1n) is 10.6. The maximum absolute atomic E-state index is 11.9. The summed E-state index contributed by atoms with van der Waals surface area (Å²) in [6.07, 6.45) is 5.50. The van der Waals surface area contributed by atoms with Gasteiger partial charge in [0.15, 0.2) is 0 Å². The van der Waals surface area contributed by atoms with Crippen molar-refractivity contribution in [3.05, 3.63) is 78.9 Å². The van der Waals surface area contributed by atoms with Crippen molar-refractivity contribution in [2.45, 2.75) is 57.6 Å². The van der Waals surface area contributed by atoms with Crippen LogP contribution in [-0.4, -0.2) is 24.3 Å². The van der Waals surface area contributed by atoms with Crippen LogP contribution in [0.5, 0.6) is 5.75 Å². The summed E-state index contributed by atoms with van der Waals surface area (Å²) in [5, 5.41) is 0. The van der Waals surface area contributed by atoms with Gasteiger partial charge in [0.25, 0.3) is 0 Å². The molecule has 29 heavy (non-hydrogen) atoms. The number of benzene rings is 2. The summed E-state index contributed by atoms with van der Waals surface area (Å²) in [6.45, 7) is 9.85. The third kappa shape index (κ3) is 6.04. The molecule has 1 aliphatic rings. The van der Waals surface area contributed by atoms with E-state index in [1.54, 1.807) is 0 Å². The van der Waals surface area contributed by atoms with E-state index in [9.17, 15) is 4.79 Å². The van der Waals surface area contributed by atoms with Crippen molar-refractivity contribution in [2.75, 3.05) is 13.6 Å². The van der Waals surface area contributed by atoms with Crippen LogP contribution in [-0.2, 0) is 16.9 Å². The molecule has 1 saturated carbocycles. The van der Waals surface area contributed by atoms with Gasteiger partial charge in [-0.1, -0.05) is 55.8 Å². The lowest BCUT2D eigenvalue weighted by atomic mass is 9.75. The fourth-order valence-electron chi connectivity index (χ4n) is 4.06. The van der Waals surface area contributed by atoms with Gasteiger partial charge in [-0.05, 0) is 56.1 Å². The number of carbonyl (C=O) groups excluding carboxylic acids is 1. The van der Waals surface area contributed by atoms with Gasteiger partial charge in [-0.15, -0.1) is 13.2 Å². The van der Waals surface area contributed by atoms with Gasteiger partial charge in [0.2, 0.25) is 0 Å². The molecule has 0 heterocycles. The van der Waals surface area contributed by atoms with Crippen molar-refractivity contribution in [3.8, 4) is 5.75 Å². The van der Waals surface area contributed by atoms with E-state index in [4.69, 9.17) is 4.74 Å². The molecule has 0 spiro atoms. The zero-order valence-corrected chi connectivity index (χ0v) is 18.0. The van der Waals surface area contributed by atoms with E-state index in [2.05, 4.69) is 62.4 Å². The zero-order valence-electron chi connectivity index (χ0n) is 18.0. The molecule has 156 valence electrons. The zero-order chi connectivity index (χ0) is 21.1. The standard InChI is InChI=1S/C24H31NO2.C2H4/c1-3-4-17-25(2)24(15-13-22(26)14-16-24)21-11-8-12-23(18-21)27-19-20-9-6-5-7-10-20;1-2/h5-12,18H,3-4,13-17,19H2,1-2H3;1-2H2. The second-order valence-corrected chi connectivity index (χ2v) is 7.65. The van der Waals surface area contributed by atoms with Crippen LogP contribution >= 0.6 is 0 Å². The Morgan fingerprint density at radius 2 is 1.72 bits per heavy atom. The molecule has 1 aliphatic carbocycles. The summed E-state index contributed by atoms with van der Waals surface area (Å²) < 4.78 is 6.07. The van der Waals surface area contributed by atoms with Crippen molar-refractivity contribution in [1.82, 2.24) is 4.90 Å². The molecule has 0 bridgehead atoms. The lowest BCUT2D eigenvalue weighted by Gasteiger charge is -2.45. The Bertz CT molecular complexity index is 746. The maximum Gasteiger partial charge on any atom is 0.133 e. The van der Waals surface area contributed by atoms with Crippen molar-refractivity contribution < 1.29 is 9.53 Å². The van der Waals surface area contributed by atoms with Crippen LogP contribution < -0.4 is 4.74 Å². The molecule has 0 atom stereocenters. The number of ketones is 1. The quantitative estimate of drug-likeness (QED) is 0.505. The molecule has 0 aliphatic heterocycles. The fraction of sp³-hybridized carbons (Fsp3) is 0.423. The lowest BCUT2D eigenvalue weighted by molar-refractivity contribution is -0.123. The molecular formula is C26H35NO2. The summed E-state index contributed by atoms with van der Waals surface area (Å²) in [5.41, 5.74) is 2.38. The Morgan fingerprint density at radius 1 is 1.03 bits per heavy atom. The number of rotatable bonds is 8. The average molecular weight is 394 g/mol. The van der Waals surface area contributed by atoms with Crippen LogP contribution in [0.3, 0.4) is 0 Å². The molecule has 0 amide bonds. The predicted molar refractivity (Wildman–Crippen MR) is 121 cm³/mol. The third-order valence-electron chi connectivity index (χ3n) is 5.83. The molecule has 0 saturated heterocycles. The van der Waals surface area contributed by atoms with Crippen LogP contribution in [0, 0.1) is 0 Å². The summed E-state index contributed by atoms with van der Waals surface area (Å²) in [5.74, 6) is 1.29. The van der Waals surface area contributed by atoms with E-state index >= 15 is 0 Å². The minimum Gasteiger partial charge on any atom is -0.489 e. The second-order valence-electron chi connectivity index (χ2n) is 7.65. The summed E-state index contributed by atoms with van der Waals surface area (Å²) in [6, 6.07) is 18.7. The highest BCUT2D eigenvalue weighted by Crippen LogP contribution is 2.41. The Hall–Kier alpha value is -2.39. The van der Waals surface area contributed by atoms with Crippen molar-refractivity contribution >= 4 is 5.78 Å². The van der Waals surface area contributed by atoms with Crippen LogP contribution in [0.1, 0.15) is 56.6 Å². The highest BCUT2D eigenvalue weighted by Gasteiger charge is 2.39. The van der Waals surface area contributed by atoms with Crippen LogP contribution in [0.15, 0.2) is 67.8 Å². The molecule has 0 unspecified atom stereocenters. The number of hydrogen-bond donors (Lipinski definition) is 0. The molecule has 3 nitrogen and oxygen atoms in total. The summed E-state index contributed by atoms with van der Waals surface area (Å²) in [7, 11) is 2.21. The van der Waals surface area contributed by atoms with E-state index in [0.29, 0.717) is 25.2 Å². The van der Waals surface area contributed by atoms with E-state index in [1.165, 1.54) is 24.0 Å². The number of carbonyl (C=O) groups is 1. The second kappa shape index (κ2) is 11.6. The summed E-state index contributed by atoms with van der Waals surface area (Å²) >= 11 is 0. The monoisotopic (exact) mass is 393 g/mol. The minimum atomic E-state index is -0.0603. The molecule has 2 aromatic rings. The molecule has 0 aromatic heterocycles. The van der Waals surface area contributed by atoms with Gasteiger partial charge >= 0.3 is 0 Å². The SMILES string of the molecule is C=C.CCCCN(C)C1(c2cccc(OCc3ccccc3)c2)CCC(=O)CC1. The van der Waals surface area contributed by atoms with Gasteiger partial charge in [-0.25, -0.2) is 0 Å². The van der Waals surface area contributed by atoms with Gasteiger partial charge in [-0.3, -0.25) is 9.69 Å².